The third-order valence-electron chi connectivity index (χ3n) is 5.92. The van der Waals surface area contributed by atoms with E-state index in [9.17, 15) is 4.79 Å². The van der Waals surface area contributed by atoms with Crippen molar-refractivity contribution < 1.29 is 4.79 Å². The maximum atomic E-state index is 12.9. The second-order valence-corrected chi connectivity index (χ2v) is 8.04. The number of carbonyl (C=O) groups is 1. The fourth-order valence-electron chi connectivity index (χ4n) is 4.43. The van der Waals surface area contributed by atoms with Crippen LogP contribution in [-0.4, -0.2) is 46.8 Å². The van der Waals surface area contributed by atoms with Gasteiger partial charge in [-0.15, -0.1) is 0 Å². The molecule has 1 amide bonds. The molecule has 138 valence electrons. The van der Waals surface area contributed by atoms with Gasteiger partial charge in [-0.3, -0.25) is 9.48 Å². The monoisotopic (exact) mass is 352 g/mol. The second kappa shape index (κ2) is 6.88. The van der Waals surface area contributed by atoms with E-state index >= 15 is 0 Å². The molecule has 5 nitrogen and oxygen atoms in total. The van der Waals surface area contributed by atoms with Gasteiger partial charge in [-0.1, -0.05) is 12.1 Å². The van der Waals surface area contributed by atoms with E-state index in [4.69, 9.17) is 0 Å². The van der Waals surface area contributed by atoms with Gasteiger partial charge in [0.25, 0.3) is 5.91 Å². The summed E-state index contributed by atoms with van der Waals surface area (Å²) in [6.07, 6.45) is 3.59. The molecule has 3 heterocycles. The molecule has 1 N–H and O–H groups in total. The number of aromatic nitrogens is 2. The predicted molar refractivity (Wildman–Crippen MR) is 102 cm³/mol. The second-order valence-electron chi connectivity index (χ2n) is 8.04. The van der Waals surface area contributed by atoms with Gasteiger partial charge in [-0.25, -0.2) is 0 Å². The molecule has 2 fully saturated rings. The van der Waals surface area contributed by atoms with E-state index in [0.29, 0.717) is 5.41 Å². The number of carbonyl (C=O) groups excluding carboxylic acids is 1. The Bertz CT molecular complexity index is 787. The summed E-state index contributed by atoms with van der Waals surface area (Å²) in [6, 6.07) is 10.1. The molecule has 5 heteroatoms. The van der Waals surface area contributed by atoms with Gasteiger partial charge < -0.3 is 10.2 Å². The summed E-state index contributed by atoms with van der Waals surface area (Å²) >= 11 is 0. The van der Waals surface area contributed by atoms with Crippen LogP contribution in [0.1, 0.15) is 46.6 Å². The van der Waals surface area contributed by atoms with Crippen LogP contribution in [0.25, 0.3) is 0 Å². The molecule has 26 heavy (non-hydrogen) atoms. The molecule has 0 unspecified atom stereocenters. The van der Waals surface area contributed by atoms with Crippen LogP contribution >= 0.6 is 0 Å². The Kier molecular flexibility index (Phi) is 4.57. The average Bonchev–Trinajstić information content (AvgIpc) is 3.19. The minimum atomic E-state index is 0.171. The lowest BCUT2D eigenvalue weighted by molar-refractivity contribution is 0.0764. The number of aryl methyl sites for hydroxylation is 2. The van der Waals surface area contributed by atoms with Crippen LogP contribution in [0.15, 0.2) is 30.3 Å². The highest BCUT2D eigenvalue weighted by molar-refractivity contribution is 5.94. The number of hydrogen-bond acceptors (Lipinski definition) is 3. The summed E-state index contributed by atoms with van der Waals surface area (Å²) in [4.78, 5) is 14.9. The summed E-state index contributed by atoms with van der Waals surface area (Å²) in [6.45, 7) is 8.77. The highest BCUT2D eigenvalue weighted by atomic mass is 16.2. The molecule has 2 saturated heterocycles. The van der Waals surface area contributed by atoms with Crippen molar-refractivity contribution in [3.63, 3.8) is 0 Å². The fourth-order valence-corrected chi connectivity index (χ4v) is 4.43. The normalized spacial score (nSPS) is 22.9. The molecule has 0 radical (unpaired) electrons. The van der Waals surface area contributed by atoms with Crippen LogP contribution in [0.3, 0.4) is 0 Å². The van der Waals surface area contributed by atoms with Crippen LogP contribution in [0.4, 0.5) is 0 Å². The zero-order chi connectivity index (χ0) is 18.1. The Morgan fingerprint density at radius 1 is 1.23 bits per heavy atom. The number of likely N-dealkylation sites (tertiary alicyclic amines) is 1. The summed E-state index contributed by atoms with van der Waals surface area (Å²) in [5.74, 6) is 0.171. The van der Waals surface area contributed by atoms with Crippen molar-refractivity contribution in [2.24, 2.45) is 5.41 Å². The molecule has 1 atom stereocenters. The number of amides is 1. The van der Waals surface area contributed by atoms with E-state index in [1.54, 1.807) is 0 Å². The molecule has 1 aromatic heterocycles. The van der Waals surface area contributed by atoms with Gasteiger partial charge in [0.1, 0.15) is 0 Å². The standard InChI is InChI=1S/C21H28N4O/c1-16-12-17(2)25(23-16)13-18-4-6-19(7-5-18)20(26)24-11-9-21(15-24)8-3-10-22-14-21/h4-7,12,22H,3,8-11,13-15H2,1-2H3/t21-/m1/s1. The number of hydrogen-bond donors (Lipinski definition) is 1. The van der Waals surface area contributed by atoms with Crippen molar-refractivity contribution in [2.45, 2.75) is 39.7 Å². The van der Waals surface area contributed by atoms with Crippen LogP contribution in [0, 0.1) is 19.3 Å². The lowest BCUT2D eigenvalue weighted by Crippen LogP contribution is -2.42. The maximum Gasteiger partial charge on any atom is 0.253 e. The van der Waals surface area contributed by atoms with Gasteiger partial charge >= 0.3 is 0 Å². The molecule has 2 aliphatic rings. The Morgan fingerprint density at radius 3 is 2.69 bits per heavy atom. The lowest BCUT2D eigenvalue weighted by atomic mass is 9.80. The van der Waals surface area contributed by atoms with Crippen LogP contribution in [0.2, 0.25) is 0 Å². The molecule has 4 rings (SSSR count). The first-order valence-electron chi connectivity index (χ1n) is 9.65. The van der Waals surface area contributed by atoms with Crippen LogP contribution in [0.5, 0.6) is 0 Å². The molecule has 2 aliphatic heterocycles. The van der Waals surface area contributed by atoms with E-state index in [1.807, 2.05) is 28.6 Å². The zero-order valence-corrected chi connectivity index (χ0v) is 15.8. The summed E-state index contributed by atoms with van der Waals surface area (Å²) in [5.41, 5.74) is 4.47. The van der Waals surface area contributed by atoms with Gasteiger partial charge in [-0.2, -0.15) is 5.10 Å². The van der Waals surface area contributed by atoms with Gasteiger partial charge in [-0.05, 0) is 63.4 Å². The third-order valence-corrected chi connectivity index (χ3v) is 5.92. The molecule has 1 aromatic carbocycles. The quantitative estimate of drug-likeness (QED) is 0.924. The van der Waals surface area contributed by atoms with Crippen LogP contribution in [-0.2, 0) is 6.54 Å². The Balaban J connectivity index is 1.42. The number of benzene rings is 1. The van der Waals surface area contributed by atoms with E-state index < -0.39 is 0 Å². The number of piperidine rings is 1. The first-order valence-corrected chi connectivity index (χ1v) is 9.65. The summed E-state index contributed by atoms with van der Waals surface area (Å²) in [5, 5.41) is 8.02. The lowest BCUT2D eigenvalue weighted by Gasteiger charge is -2.33. The Labute approximate surface area is 155 Å². The van der Waals surface area contributed by atoms with Gasteiger partial charge in [0.2, 0.25) is 0 Å². The SMILES string of the molecule is Cc1cc(C)n(Cc2ccc(C(=O)N3CC[C@@]4(CCCNC4)C3)cc2)n1. The highest BCUT2D eigenvalue weighted by Gasteiger charge is 2.40. The van der Waals surface area contributed by atoms with Gasteiger partial charge in [0.15, 0.2) is 0 Å². The molecule has 2 aromatic rings. The molecule has 0 bridgehead atoms. The molecular weight excluding hydrogens is 324 g/mol. The van der Waals surface area contributed by atoms with Crippen molar-refractivity contribution in [3.05, 3.63) is 52.8 Å². The Hall–Kier alpha value is -2.14. The largest absolute Gasteiger partial charge is 0.338 e. The Morgan fingerprint density at radius 2 is 2.04 bits per heavy atom. The van der Waals surface area contributed by atoms with Crippen molar-refractivity contribution in [1.29, 1.82) is 0 Å². The smallest absolute Gasteiger partial charge is 0.253 e. The topological polar surface area (TPSA) is 50.2 Å². The maximum absolute atomic E-state index is 12.9. The van der Waals surface area contributed by atoms with Crippen LogP contribution < -0.4 is 5.32 Å². The van der Waals surface area contributed by atoms with E-state index in [1.165, 1.54) is 18.4 Å². The molecular formula is C21H28N4O. The highest BCUT2D eigenvalue weighted by Crippen LogP contribution is 2.36. The minimum Gasteiger partial charge on any atom is -0.338 e. The fraction of sp³-hybridized carbons (Fsp3) is 0.524. The van der Waals surface area contributed by atoms with Crippen molar-refractivity contribution in [3.8, 4) is 0 Å². The van der Waals surface area contributed by atoms with E-state index in [0.717, 1.165) is 56.1 Å². The van der Waals surface area contributed by atoms with Crippen molar-refractivity contribution in [1.82, 2.24) is 20.0 Å². The first kappa shape index (κ1) is 17.3. The zero-order valence-electron chi connectivity index (χ0n) is 15.8. The predicted octanol–water partition coefficient (Wildman–Crippen LogP) is 2.76. The average molecular weight is 352 g/mol. The number of rotatable bonds is 3. The molecule has 0 aliphatic carbocycles. The minimum absolute atomic E-state index is 0.171. The summed E-state index contributed by atoms with van der Waals surface area (Å²) < 4.78 is 2.01. The molecule has 1 spiro atoms. The first-order chi connectivity index (χ1) is 12.5. The van der Waals surface area contributed by atoms with Crippen molar-refractivity contribution >= 4 is 5.91 Å². The van der Waals surface area contributed by atoms with E-state index in [2.05, 4.69) is 35.5 Å². The van der Waals surface area contributed by atoms with Gasteiger partial charge in [0, 0.05) is 36.3 Å². The summed E-state index contributed by atoms with van der Waals surface area (Å²) in [7, 11) is 0. The van der Waals surface area contributed by atoms with E-state index in [-0.39, 0.29) is 5.91 Å². The van der Waals surface area contributed by atoms with Gasteiger partial charge in [0.05, 0.1) is 12.2 Å². The number of nitrogens with one attached hydrogen (secondary N) is 1. The van der Waals surface area contributed by atoms with Crippen molar-refractivity contribution in [2.75, 3.05) is 26.2 Å². The third kappa shape index (κ3) is 3.40. The number of nitrogens with zero attached hydrogens (tertiary/aromatic N) is 3. The molecule has 0 saturated carbocycles.